The third-order valence-corrected chi connectivity index (χ3v) is 5.72. The molecule has 2 heterocycles. The number of morpholine rings is 1. The maximum Gasteiger partial charge on any atom is 0.374 e. The molecule has 144 valence electrons. The lowest BCUT2D eigenvalue weighted by molar-refractivity contribution is -0.119. The van der Waals surface area contributed by atoms with Crippen LogP contribution in [0.3, 0.4) is 0 Å². The second-order valence-electron chi connectivity index (χ2n) is 5.64. The van der Waals surface area contributed by atoms with Crippen LogP contribution in [0.2, 0.25) is 0 Å². The van der Waals surface area contributed by atoms with Crippen LogP contribution in [0.4, 0.5) is 5.69 Å². The lowest BCUT2D eigenvalue weighted by Gasteiger charge is -2.26. The number of esters is 1. The highest BCUT2D eigenvalue weighted by Crippen LogP contribution is 2.19. The number of nitrogens with zero attached hydrogens (tertiary/aromatic N) is 1. The first-order valence-corrected chi connectivity index (χ1v) is 9.59. The lowest BCUT2D eigenvalue weighted by atomic mass is 10.3. The van der Waals surface area contributed by atoms with Gasteiger partial charge >= 0.3 is 5.97 Å². The molecule has 0 bridgehead atoms. The molecular weight excluding hydrogens is 376 g/mol. The van der Waals surface area contributed by atoms with E-state index < -0.39 is 28.5 Å². The van der Waals surface area contributed by atoms with E-state index in [9.17, 15) is 18.0 Å². The topological polar surface area (TPSA) is 115 Å². The molecule has 0 radical (unpaired) electrons. The molecule has 1 aromatic heterocycles. The van der Waals surface area contributed by atoms with Crippen LogP contribution < -0.4 is 5.32 Å². The zero-order valence-electron chi connectivity index (χ0n) is 14.3. The average Bonchev–Trinajstić information content (AvgIpc) is 3.22. The van der Waals surface area contributed by atoms with Crippen molar-refractivity contribution >= 4 is 27.6 Å². The first kappa shape index (κ1) is 19.1. The van der Waals surface area contributed by atoms with Gasteiger partial charge in [-0.15, -0.1) is 0 Å². The second-order valence-corrected chi connectivity index (χ2v) is 7.58. The molecule has 27 heavy (non-hydrogen) atoms. The molecule has 0 unspecified atom stereocenters. The maximum atomic E-state index is 12.5. The molecule has 1 amide bonds. The van der Waals surface area contributed by atoms with Crippen LogP contribution in [0.1, 0.15) is 10.6 Å². The summed E-state index contributed by atoms with van der Waals surface area (Å²) in [5, 5.41) is 2.53. The van der Waals surface area contributed by atoms with Crippen LogP contribution in [0.5, 0.6) is 0 Å². The van der Waals surface area contributed by atoms with E-state index in [4.69, 9.17) is 13.9 Å². The van der Waals surface area contributed by atoms with Crippen LogP contribution in [-0.2, 0) is 24.3 Å². The molecule has 1 aliphatic heterocycles. The molecule has 0 aliphatic carbocycles. The monoisotopic (exact) mass is 394 g/mol. The van der Waals surface area contributed by atoms with Crippen molar-refractivity contribution in [3.63, 3.8) is 0 Å². The van der Waals surface area contributed by atoms with Crippen LogP contribution in [0.15, 0.2) is 52.0 Å². The smallest absolute Gasteiger partial charge is 0.374 e. The molecule has 2 aromatic rings. The molecule has 1 aliphatic rings. The Morgan fingerprint density at radius 1 is 1.11 bits per heavy atom. The minimum atomic E-state index is -3.59. The minimum absolute atomic E-state index is 0.000437. The van der Waals surface area contributed by atoms with Crippen molar-refractivity contribution in [3.05, 3.63) is 48.4 Å². The molecule has 0 spiro atoms. The Hall–Kier alpha value is -2.69. The van der Waals surface area contributed by atoms with Gasteiger partial charge in [0.1, 0.15) is 0 Å². The van der Waals surface area contributed by atoms with Crippen molar-refractivity contribution in [2.45, 2.75) is 4.90 Å². The number of carbonyl (C=O) groups excluding carboxylic acids is 2. The molecule has 1 N–H and O–H groups in total. The predicted molar refractivity (Wildman–Crippen MR) is 93.6 cm³/mol. The molecule has 1 saturated heterocycles. The van der Waals surface area contributed by atoms with Crippen molar-refractivity contribution in [2.24, 2.45) is 0 Å². The lowest BCUT2D eigenvalue weighted by Crippen LogP contribution is -2.40. The maximum absolute atomic E-state index is 12.5. The highest BCUT2D eigenvalue weighted by atomic mass is 32.2. The van der Waals surface area contributed by atoms with Crippen molar-refractivity contribution in [2.75, 3.05) is 38.2 Å². The number of anilines is 1. The van der Waals surface area contributed by atoms with Gasteiger partial charge in [-0.2, -0.15) is 4.31 Å². The number of furan rings is 1. The molecule has 9 nitrogen and oxygen atoms in total. The highest BCUT2D eigenvalue weighted by Gasteiger charge is 2.26. The van der Waals surface area contributed by atoms with E-state index in [0.717, 1.165) is 0 Å². The van der Waals surface area contributed by atoms with Gasteiger partial charge in [0.05, 0.1) is 24.4 Å². The summed E-state index contributed by atoms with van der Waals surface area (Å²) in [6, 6.07) is 8.72. The first-order valence-electron chi connectivity index (χ1n) is 8.15. The quantitative estimate of drug-likeness (QED) is 0.730. The van der Waals surface area contributed by atoms with E-state index in [1.807, 2.05) is 0 Å². The zero-order chi connectivity index (χ0) is 19.3. The molecule has 1 aromatic carbocycles. The number of rotatable bonds is 6. The Balaban J connectivity index is 1.55. The summed E-state index contributed by atoms with van der Waals surface area (Å²) in [5.41, 5.74) is 0.384. The Morgan fingerprint density at radius 2 is 1.81 bits per heavy atom. The van der Waals surface area contributed by atoms with Gasteiger partial charge in [0.25, 0.3) is 5.91 Å². The normalized spacial score (nSPS) is 15.3. The van der Waals surface area contributed by atoms with Crippen molar-refractivity contribution in [1.29, 1.82) is 0 Å². The third kappa shape index (κ3) is 4.73. The number of hydrogen-bond acceptors (Lipinski definition) is 7. The van der Waals surface area contributed by atoms with Gasteiger partial charge in [-0.3, -0.25) is 4.79 Å². The van der Waals surface area contributed by atoms with E-state index in [0.29, 0.717) is 32.0 Å². The molecule has 1 fully saturated rings. The molecule has 0 saturated carbocycles. The third-order valence-electron chi connectivity index (χ3n) is 3.80. The SMILES string of the molecule is O=C(COC(=O)c1ccco1)Nc1ccc(S(=O)(=O)N2CCOCC2)cc1. The minimum Gasteiger partial charge on any atom is -0.457 e. The van der Waals surface area contributed by atoms with Gasteiger partial charge in [-0.1, -0.05) is 0 Å². The van der Waals surface area contributed by atoms with Gasteiger partial charge in [-0.25, -0.2) is 13.2 Å². The van der Waals surface area contributed by atoms with E-state index in [1.165, 1.54) is 47.0 Å². The van der Waals surface area contributed by atoms with Crippen LogP contribution >= 0.6 is 0 Å². The van der Waals surface area contributed by atoms with Gasteiger partial charge in [-0.05, 0) is 36.4 Å². The standard InChI is InChI=1S/C17H18N2O7S/c20-16(12-26-17(21)15-2-1-9-25-15)18-13-3-5-14(6-4-13)27(22,23)19-7-10-24-11-8-19/h1-6,9H,7-8,10-12H2,(H,18,20). The Labute approximate surface area is 155 Å². The highest BCUT2D eigenvalue weighted by molar-refractivity contribution is 7.89. The summed E-state index contributed by atoms with van der Waals surface area (Å²) >= 11 is 0. The van der Waals surface area contributed by atoms with E-state index in [-0.39, 0.29) is 10.7 Å². The van der Waals surface area contributed by atoms with Gasteiger partial charge in [0, 0.05) is 18.8 Å². The summed E-state index contributed by atoms with van der Waals surface area (Å²) in [5.74, 6) is -1.30. The zero-order valence-corrected chi connectivity index (χ0v) is 15.1. The number of ether oxygens (including phenoxy) is 2. The molecule has 3 rings (SSSR count). The summed E-state index contributed by atoms with van der Waals surface area (Å²) in [4.78, 5) is 23.6. The fourth-order valence-electron chi connectivity index (χ4n) is 2.44. The van der Waals surface area contributed by atoms with Crippen molar-refractivity contribution in [3.8, 4) is 0 Å². The Bertz CT molecular complexity index is 886. The first-order chi connectivity index (χ1) is 13.0. The number of sulfonamides is 1. The second kappa shape index (κ2) is 8.33. The Morgan fingerprint density at radius 3 is 2.44 bits per heavy atom. The average molecular weight is 394 g/mol. The largest absolute Gasteiger partial charge is 0.457 e. The van der Waals surface area contributed by atoms with Crippen LogP contribution in [0.25, 0.3) is 0 Å². The summed E-state index contributed by atoms with van der Waals surface area (Å²) in [7, 11) is -3.59. The predicted octanol–water partition coefficient (Wildman–Crippen LogP) is 1.10. The fourth-order valence-corrected chi connectivity index (χ4v) is 3.85. The van der Waals surface area contributed by atoms with Crippen molar-refractivity contribution in [1.82, 2.24) is 4.31 Å². The number of nitrogens with one attached hydrogen (secondary N) is 1. The summed E-state index contributed by atoms with van der Waals surface area (Å²) in [6.45, 7) is 0.852. The van der Waals surface area contributed by atoms with Gasteiger partial charge in [0.15, 0.2) is 6.61 Å². The van der Waals surface area contributed by atoms with Gasteiger partial charge in [0.2, 0.25) is 15.8 Å². The number of hydrogen-bond donors (Lipinski definition) is 1. The van der Waals surface area contributed by atoms with E-state index >= 15 is 0 Å². The van der Waals surface area contributed by atoms with E-state index in [1.54, 1.807) is 0 Å². The number of benzene rings is 1. The number of carbonyl (C=O) groups is 2. The van der Waals surface area contributed by atoms with E-state index in [2.05, 4.69) is 5.32 Å². The molecule has 10 heteroatoms. The fraction of sp³-hybridized carbons (Fsp3) is 0.294. The summed E-state index contributed by atoms with van der Waals surface area (Å²) in [6.07, 6.45) is 1.32. The number of amides is 1. The van der Waals surface area contributed by atoms with Crippen LogP contribution in [0, 0.1) is 0 Å². The summed E-state index contributed by atoms with van der Waals surface area (Å²) < 4.78 is 41.3. The van der Waals surface area contributed by atoms with Gasteiger partial charge < -0.3 is 19.2 Å². The molecular formula is C17H18N2O7S. The Kier molecular flexibility index (Phi) is 5.89. The molecule has 0 atom stereocenters. The van der Waals surface area contributed by atoms with Crippen molar-refractivity contribution < 1.29 is 31.9 Å². The van der Waals surface area contributed by atoms with Crippen LogP contribution in [-0.4, -0.2) is 57.5 Å².